The smallest absolute Gasteiger partial charge is 0.241 e. The van der Waals surface area contributed by atoms with Crippen LogP contribution in [-0.2, 0) is 9.59 Å². The molecule has 1 saturated heterocycles. The number of carbonyl (C=O) groups excluding carboxylic acids is 2. The fourth-order valence-corrected chi connectivity index (χ4v) is 4.53. The average Bonchev–Trinajstić information content (AvgIpc) is 3.52. The molecular formula is C23H24ClN5O3S. The summed E-state index contributed by atoms with van der Waals surface area (Å²) in [5.74, 6) is 1.06. The zero-order chi connectivity index (χ0) is 23.2. The van der Waals surface area contributed by atoms with Crippen molar-refractivity contribution in [2.75, 3.05) is 32.5 Å². The van der Waals surface area contributed by atoms with E-state index in [2.05, 4.69) is 15.5 Å². The molecular weight excluding hydrogens is 462 g/mol. The first-order chi connectivity index (χ1) is 16.1. The highest BCUT2D eigenvalue weighted by atomic mass is 35.5. The predicted octanol–water partition coefficient (Wildman–Crippen LogP) is 3.43. The van der Waals surface area contributed by atoms with E-state index in [4.69, 9.17) is 16.3 Å². The van der Waals surface area contributed by atoms with Crippen molar-refractivity contribution in [2.24, 2.45) is 0 Å². The lowest BCUT2D eigenvalue weighted by Crippen LogP contribution is -2.39. The van der Waals surface area contributed by atoms with Crippen molar-refractivity contribution >= 4 is 35.2 Å². The number of rotatable bonds is 8. The van der Waals surface area contributed by atoms with Gasteiger partial charge in [0.1, 0.15) is 5.75 Å². The van der Waals surface area contributed by atoms with Gasteiger partial charge in [-0.05, 0) is 49.2 Å². The van der Waals surface area contributed by atoms with E-state index in [1.54, 1.807) is 24.1 Å². The molecule has 0 radical (unpaired) electrons. The predicted molar refractivity (Wildman–Crippen MR) is 128 cm³/mol. The van der Waals surface area contributed by atoms with Gasteiger partial charge in [0, 0.05) is 23.8 Å². The van der Waals surface area contributed by atoms with Crippen LogP contribution in [0.2, 0.25) is 5.02 Å². The number of hydrogen-bond donors (Lipinski definition) is 1. The van der Waals surface area contributed by atoms with Crippen molar-refractivity contribution < 1.29 is 14.3 Å². The van der Waals surface area contributed by atoms with E-state index in [0.29, 0.717) is 21.8 Å². The number of carbonyl (C=O) groups is 2. The fraction of sp³-hybridized carbons (Fsp3) is 0.304. The minimum absolute atomic E-state index is 0.00966. The van der Waals surface area contributed by atoms with Gasteiger partial charge >= 0.3 is 0 Å². The average molecular weight is 486 g/mol. The first-order valence-corrected chi connectivity index (χ1v) is 11.9. The van der Waals surface area contributed by atoms with Crippen molar-refractivity contribution in [3.05, 3.63) is 53.6 Å². The summed E-state index contributed by atoms with van der Waals surface area (Å²) in [4.78, 5) is 26.4. The van der Waals surface area contributed by atoms with Crippen LogP contribution in [0.3, 0.4) is 0 Å². The number of likely N-dealkylation sites (tertiary alicyclic amines) is 1. The van der Waals surface area contributed by atoms with Gasteiger partial charge in [-0.1, -0.05) is 35.5 Å². The van der Waals surface area contributed by atoms with Gasteiger partial charge in [0.25, 0.3) is 0 Å². The number of hydrogen-bond acceptors (Lipinski definition) is 6. The molecule has 0 spiro atoms. The van der Waals surface area contributed by atoms with Crippen LogP contribution in [0.15, 0.2) is 53.7 Å². The second-order valence-electron chi connectivity index (χ2n) is 7.47. The molecule has 2 heterocycles. The van der Waals surface area contributed by atoms with Crippen molar-refractivity contribution in [1.29, 1.82) is 0 Å². The van der Waals surface area contributed by atoms with E-state index in [0.717, 1.165) is 37.2 Å². The summed E-state index contributed by atoms with van der Waals surface area (Å²) in [7, 11) is 1.60. The van der Waals surface area contributed by atoms with E-state index in [-0.39, 0.29) is 24.1 Å². The summed E-state index contributed by atoms with van der Waals surface area (Å²) in [6, 6.07) is 14.8. The summed E-state index contributed by atoms with van der Waals surface area (Å²) < 4.78 is 7.37. The van der Waals surface area contributed by atoms with Crippen molar-refractivity contribution in [2.45, 2.75) is 18.0 Å². The lowest BCUT2D eigenvalue weighted by atomic mass is 10.2. The second kappa shape index (κ2) is 10.7. The monoisotopic (exact) mass is 485 g/mol. The maximum absolute atomic E-state index is 12.4. The number of ether oxygens (including phenoxy) is 1. The molecule has 0 saturated carbocycles. The van der Waals surface area contributed by atoms with Gasteiger partial charge in [-0.3, -0.25) is 14.2 Å². The summed E-state index contributed by atoms with van der Waals surface area (Å²) >= 11 is 7.32. The fourth-order valence-electron chi connectivity index (χ4n) is 3.62. The minimum Gasteiger partial charge on any atom is -0.496 e. The summed E-state index contributed by atoms with van der Waals surface area (Å²) in [5, 5.41) is 12.6. The van der Waals surface area contributed by atoms with E-state index >= 15 is 0 Å². The van der Waals surface area contributed by atoms with Gasteiger partial charge in [-0.15, -0.1) is 10.2 Å². The molecule has 1 aliphatic rings. The highest BCUT2D eigenvalue weighted by Gasteiger charge is 2.21. The van der Waals surface area contributed by atoms with Gasteiger partial charge in [-0.2, -0.15) is 0 Å². The Morgan fingerprint density at radius 2 is 1.82 bits per heavy atom. The van der Waals surface area contributed by atoms with Gasteiger partial charge in [0.15, 0.2) is 11.0 Å². The third-order valence-corrected chi connectivity index (χ3v) is 6.47. The molecule has 1 fully saturated rings. The molecule has 1 N–H and O–H groups in total. The molecule has 0 aliphatic carbocycles. The van der Waals surface area contributed by atoms with Crippen LogP contribution in [0.1, 0.15) is 12.8 Å². The third-order valence-electron chi connectivity index (χ3n) is 5.29. The summed E-state index contributed by atoms with van der Waals surface area (Å²) in [6.45, 7) is 1.54. The van der Waals surface area contributed by atoms with Gasteiger partial charge in [-0.25, -0.2) is 0 Å². The number of methoxy groups -OCH3 is 1. The number of halogens is 1. The first-order valence-electron chi connectivity index (χ1n) is 10.6. The maximum Gasteiger partial charge on any atom is 0.241 e. The Bertz CT molecular complexity index is 1130. The molecule has 0 unspecified atom stereocenters. The molecule has 172 valence electrons. The van der Waals surface area contributed by atoms with Gasteiger partial charge < -0.3 is 15.0 Å². The highest BCUT2D eigenvalue weighted by molar-refractivity contribution is 7.99. The van der Waals surface area contributed by atoms with Gasteiger partial charge in [0.2, 0.25) is 11.8 Å². The van der Waals surface area contributed by atoms with Crippen molar-refractivity contribution in [3.63, 3.8) is 0 Å². The molecule has 0 bridgehead atoms. The van der Waals surface area contributed by atoms with Crippen LogP contribution in [0, 0.1) is 0 Å². The lowest BCUT2D eigenvalue weighted by Gasteiger charge is -2.15. The number of amides is 2. The Hall–Kier alpha value is -3.04. The number of thioether (sulfide) groups is 1. The Morgan fingerprint density at radius 3 is 2.55 bits per heavy atom. The normalized spacial score (nSPS) is 13.2. The molecule has 0 atom stereocenters. The molecule has 8 nitrogen and oxygen atoms in total. The molecule has 2 aromatic carbocycles. The van der Waals surface area contributed by atoms with Crippen molar-refractivity contribution in [3.8, 4) is 22.8 Å². The van der Waals surface area contributed by atoms with Crippen LogP contribution in [0.25, 0.3) is 17.1 Å². The molecule has 2 amide bonds. The van der Waals surface area contributed by atoms with Crippen LogP contribution >= 0.6 is 23.4 Å². The Morgan fingerprint density at radius 1 is 1.09 bits per heavy atom. The zero-order valence-electron chi connectivity index (χ0n) is 18.2. The second-order valence-corrected chi connectivity index (χ2v) is 8.85. The number of para-hydroxylation sites is 1. The van der Waals surface area contributed by atoms with Crippen LogP contribution in [0.4, 0.5) is 0 Å². The maximum atomic E-state index is 12.4. The number of nitrogens with one attached hydrogen (secondary N) is 1. The van der Waals surface area contributed by atoms with Crippen LogP contribution in [-0.4, -0.2) is 64.0 Å². The molecule has 1 aromatic heterocycles. The molecule has 10 heteroatoms. The molecule has 33 heavy (non-hydrogen) atoms. The largest absolute Gasteiger partial charge is 0.496 e. The van der Waals surface area contributed by atoms with Crippen molar-refractivity contribution in [1.82, 2.24) is 25.0 Å². The first kappa shape index (κ1) is 23.1. The highest BCUT2D eigenvalue weighted by Crippen LogP contribution is 2.33. The molecule has 3 aromatic rings. The quantitative estimate of drug-likeness (QED) is 0.492. The number of aromatic nitrogens is 3. The van der Waals surface area contributed by atoms with E-state index in [9.17, 15) is 9.59 Å². The number of benzene rings is 2. The zero-order valence-corrected chi connectivity index (χ0v) is 19.7. The number of nitrogens with zero attached hydrogens (tertiary/aromatic N) is 4. The Labute approximate surface area is 201 Å². The molecule has 1 aliphatic heterocycles. The third kappa shape index (κ3) is 5.48. The molecule has 4 rings (SSSR count). The Balaban J connectivity index is 1.53. The standard InChI is InChI=1S/C23H24ClN5O3S/c1-32-19-7-3-2-6-18(19)22-26-27-23(29(22)17-10-8-16(24)9-11-17)33-15-20(30)25-14-21(31)28-12-4-5-13-28/h2-3,6-11H,4-5,12-15H2,1H3,(H,25,30). The van der Waals surface area contributed by atoms with E-state index in [1.165, 1.54) is 11.8 Å². The van der Waals surface area contributed by atoms with E-state index in [1.807, 2.05) is 41.0 Å². The lowest BCUT2D eigenvalue weighted by molar-refractivity contribution is -0.131. The van der Waals surface area contributed by atoms with E-state index < -0.39 is 0 Å². The summed E-state index contributed by atoms with van der Waals surface area (Å²) in [6.07, 6.45) is 2.04. The Kier molecular flexibility index (Phi) is 7.51. The summed E-state index contributed by atoms with van der Waals surface area (Å²) in [5.41, 5.74) is 1.58. The van der Waals surface area contributed by atoms with Crippen LogP contribution in [0.5, 0.6) is 5.75 Å². The SMILES string of the molecule is COc1ccccc1-c1nnc(SCC(=O)NCC(=O)N2CCCC2)n1-c1ccc(Cl)cc1. The topological polar surface area (TPSA) is 89.3 Å². The van der Waals surface area contributed by atoms with Crippen LogP contribution < -0.4 is 10.1 Å². The minimum atomic E-state index is -0.239. The van der Waals surface area contributed by atoms with Gasteiger partial charge in [0.05, 0.1) is 25.0 Å².